The summed E-state index contributed by atoms with van der Waals surface area (Å²) < 4.78 is 71.9. The highest BCUT2D eigenvalue weighted by Crippen LogP contribution is 2.38. The fourth-order valence-corrected chi connectivity index (χ4v) is 6.15. The van der Waals surface area contributed by atoms with Gasteiger partial charge in [-0.15, -0.1) is 0 Å². The minimum atomic E-state index is -4.54. The van der Waals surface area contributed by atoms with Crippen molar-refractivity contribution in [3.63, 3.8) is 0 Å². The average molecular weight is 598 g/mol. The van der Waals surface area contributed by atoms with E-state index in [-0.39, 0.29) is 49.5 Å². The number of rotatable bonds is 8. The zero-order chi connectivity index (χ0) is 30.4. The second-order valence-electron chi connectivity index (χ2n) is 11.8. The van der Waals surface area contributed by atoms with E-state index in [1.165, 1.54) is 4.90 Å². The van der Waals surface area contributed by atoms with E-state index in [4.69, 9.17) is 4.63 Å². The van der Waals surface area contributed by atoms with Crippen LogP contribution in [0.2, 0.25) is 0 Å². The summed E-state index contributed by atoms with van der Waals surface area (Å²) in [5.74, 6) is -4.54. The van der Waals surface area contributed by atoms with Crippen LogP contribution in [0.5, 0.6) is 0 Å². The van der Waals surface area contributed by atoms with Crippen LogP contribution >= 0.6 is 0 Å². The van der Waals surface area contributed by atoms with E-state index in [1.54, 1.807) is 32.0 Å². The molecule has 2 aromatic rings. The SMILES string of the molecule is CC(C)c1nonc1C(=O)N[C@H](C(=O)Cc1ccc2c(c1)CC(N1C[C@@H](C(F)(F)F)NC1=O)C2)C1CCC(F)(F)CC1. The first-order valence-electron chi connectivity index (χ1n) is 14.0. The van der Waals surface area contributed by atoms with Crippen molar-refractivity contribution in [3.05, 3.63) is 46.3 Å². The number of amides is 3. The van der Waals surface area contributed by atoms with E-state index in [9.17, 15) is 36.3 Å². The van der Waals surface area contributed by atoms with Gasteiger partial charge in [-0.1, -0.05) is 37.2 Å². The lowest BCUT2D eigenvalue weighted by molar-refractivity contribution is -0.150. The molecule has 1 aromatic heterocycles. The molecule has 2 aliphatic carbocycles. The van der Waals surface area contributed by atoms with Crippen LogP contribution in [-0.2, 0) is 24.1 Å². The van der Waals surface area contributed by atoms with Gasteiger partial charge in [0.05, 0.1) is 12.6 Å². The number of nitrogens with one attached hydrogen (secondary N) is 2. The maximum atomic E-state index is 13.9. The third-order valence-corrected chi connectivity index (χ3v) is 8.48. The Balaban J connectivity index is 1.29. The number of alkyl halides is 5. The molecule has 42 heavy (non-hydrogen) atoms. The molecule has 14 heteroatoms. The van der Waals surface area contributed by atoms with Gasteiger partial charge in [0.2, 0.25) is 5.92 Å². The molecular weight excluding hydrogens is 565 g/mol. The zero-order valence-electron chi connectivity index (χ0n) is 23.1. The average Bonchev–Trinajstić information content (AvgIpc) is 3.64. The Bertz CT molecular complexity index is 1350. The number of Topliss-reactive ketones (excluding diaryl/α,β-unsaturated/α-hetero) is 1. The van der Waals surface area contributed by atoms with Crippen molar-refractivity contribution in [2.45, 2.75) is 94.9 Å². The number of carbonyl (C=O) groups is 3. The van der Waals surface area contributed by atoms with E-state index < -0.39 is 54.6 Å². The number of ketones is 1. The van der Waals surface area contributed by atoms with Gasteiger partial charge in [0.1, 0.15) is 11.7 Å². The smallest absolute Gasteiger partial charge is 0.340 e. The lowest BCUT2D eigenvalue weighted by atomic mass is 9.79. The Morgan fingerprint density at radius 3 is 2.48 bits per heavy atom. The summed E-state index contributed by atoms with van der Waals surface area (Å²) in [6, 6.07) is 1.14. The fourth-order valence-electron chi connectivity index (χ4n) is 6.15. The predicted molar refractivity (Wildman–Crippen MR) is 138 cm³/mol. The summed E-state index contributed by atoms with van der Waals surface area (Å²) in [7, 11) is 0. The standard InChI is InChI=1S/C28H32F5N5O4/c1-14(2)22-24(37-42-36-22)25(40)35-23(16-5-7-27(29,30)8-6-16)20(39)10-15-3-4-17-11-19(12-18(17)9-15)38-13-21(28(31,32)33)34-26(38)41/h3-4,9,14,16,19,21,23H,5-8,10-13H2,1-2H3,(H,34,41)(H,35,40)/t19?,21-,23-/m0/s1. The number of halogens is 5. The molecular formula is C28H32F5N5O4. The first-order valence-corrected chi connectivity index (χ1v) is 14.0. The van der Waals surface area contributed by atoms with Gasteiger partial charge in [-0.2, -0.15) is 13.2 Å². The van der Waals surface area contributed by atoms with Crippen molar-refractivity contribution in [1.29, 1.82) is 0 Å². The topological polar surface area (TPSA) is 117 Å². The third kappa shape index (κ3) is 6.26. The normalized spacial score (nSPS) is 23.1. The molecule has 5 rings (SSSR count). The predicted octanol–water partition coefficient (Wildman–Crippen LogP) is 4.35. The first kappa shape index (κ1) is 29.9. The van der Waals surface area contributed by atoms with Crippen LogP contribution in [0.1, 0.15) is 78.3 Å². The fraction of sp³-hybridized carbons (Fsp3) is 0.607. The van der Waals surface area contributed by atoms with Crippen LogP contribution in [0, 0.1) is 5.92 Å². The van der Waals surface area contributed by atoms with E-state index in [1.807, 2.05) is 5.32 Å². The van der Waals surface area contributed by atoms with Gasteiger partial charge in [-0.05, 0) is 53.4 Å². The number of urea groups is 1. The minimum absolute atomic E-state index is 0.0560. The number of benzene rings is 1. The van der Waals surface area contributed by atoms with Crippen LogP contribution in [0.25, 0.3) is 0 Å². The zero-order valence-corrected chi connectivity index (χ0v) is 23.1. The van der Waals surface area contributed by atoms with Crippen molar-refractivity contribution >= 4 is 17.7 Å². The molecule has 2 fully saturated rings. The van der Waals surface area contributed by atoms with Crippen LogP contribution in [0.3, 0.4) is 0 Å². The molecule has 2 N–H and O–H groups in total. The molecule has 1 unspecified atom stereocenters. The monoisotopic (exact) mass is 597 g/mol. The number of carbonyl (C=O) groups excluding carboxylic acids is 3. The number of nitrogens with zero attached hydrogens (tertiary/aromatic N) is 3. The lowest BCUT2D eigenvalue weighted by Crippen LogP contribution is -2.48. The van der Waals surface area contributed by atoms with Crippen LogP contribution in [0.4, 0.5) is 26.7 Å². The highest BCUT2D eigenvalue weighted by atomic mass is 19.4. The molecule has 3 atom stereocenters. The van der Waals surface area contributed by atoms with Crippen molar-refractivity contribution in [3.8, 4) is 0 Å². The number of hydrogen-bond acceptors (Lipinski definition) is 6. The Kier molecular flexibility index (Phi) is 8.01. The molecule has 1 aromatic carbocycles. The van der Waals surface area contributed by atoms with Gasteiger partial charge < -0.3 is 15.5 Å². The molecule has 9 nitrogen and oxygen atoms in total. The minimum Gasteiger partial charge on any atom is -0.340 e. The highest BCUT2D eigenvalue weighted by molar-refractivity contribution is 5.97. The maximum Gasteiger partial charge on any atom is 0.410 e. The van der Waals surface area contributed by atoms with Gasteiger partial charge >= 0.3 is 12.2 Å². The molecule has 0 bridgehead atoms. The van der Waals surface area contributed by atoms with Gasteiger partial charge in [-0.3, -0.25) is 9.59 Å². The summed E-state index contributed by atoms with van der Waals surface area (Å²) >= 11 is 0. The first-order chi connectivity index (χ1) is 19.7. The maximum absolute atomic E-state index is 13.9. The van der Waals surface area contributed by atoms with Gasteiger partial charge in [0.25, 0.3) is 5.91 Å². The summed E-state index contributed by atoms with van der Waals surface area (Å²) in [5, 5.41) is 12.1. The molecule has 3 aliphatic rings. The molecule has 1 aliphatic heterocycles. The van der Waals surface area contributed by atoms with E-state index in [2.05, 4.69) is 15.6 Å². The van der Waals surface area contributed by atoms with E-state index in [0.717, 1.165) is 11.1 Å². The molecule has 1 saturated carbocycles. The molecule has 0 spiro atoms. The number of fused-ring (bicyclic) bond motifs is 1. The summed E-state index contributed by atoms with van der Waals surface area (Å²) in [4.78, 5) is 40.2. The van der Waals surface area contributed by atoms with Crippen molar-refractivity contribution in [2.24, 2.45) is 5.92 Å². The molecule has 0 radical (unpaired) electrons. The summed E-state index contributed by atoms with van der Waals surface area (Å²) in [5.41, 5.74) is 2.56. The molecule has 1 saturated heterocycles. The van der Waals surface area contributed by atoms with E-state index in [0.29, 0.717) is 24.1 Å². The third-order valence-electron chi connectivity index (χ3n) is 8.48. The summed E-state index contributed by atoms with van der Waals surface area (Å²) in [6.07, 6.45) is -4.57. The Labute approximate surface area is 238 Å². The van der Waals surface area contributed by atoms with Gasteiger partial charge in [0, 0.05) is 31.2 Å². The van der Waals surface area contributed by atoms with Crippen LogP contribution < -0.4 is 10.6 Å². The molecule has 3 amide bonds. The molecule has 228 valence electrons. The second-order valence-corrected chi connectivity index (χ2v) is 11.8. The van der Waals surface area contributed by atoms with Crippen LogP contribution in [0.15, 0.2) is 22.8 Å². The van der Waals surface area contributed by atoms with Crippen molar-refractivity contribution in [1.82, 2.24) is 25.8 Å². The second kappa shape index (κ2) is 11.3. The van der Waals surface area contributed by atoms with Gasteiger partial charge in [-0.25, -0.2) is 18.2 Å². The molecule has 2 heterocycles. The lowest BCUT2D eigenvalue weighted by Gasteiger charge is -2.33. The number of hydrogen-bond donors (Lipinski definition) is 2. The summed E-state index contributed by atoms with van der Waals surface area (Å²) in [6.45, 7) is 3.13. The number of aromatic nitrogens is 2. The quantitative estimate of drug-likeness (QED) is 0.437. The Morgan fingerprint density at radius 1 is 1.14 bits per heavy atom. The van der Waals surface area contributed by atoms with Gasteiger partial charge in [0.15, 0.2) is 11.5 Å². The van der Waals surface area contributed by atoms with Crippen molar-refractivity contribution in [2.75, 3.05) is 6.54 Å². The Morgan fingerprint density at radius 2 is 1.83 bits per heavy atom. The largest absolute Gasteiger partial charge is 0.410 e. The Hall–Kier alpha value is -3.58. The van der Waals surface area contributed by atoms with Crippen molar-refractivity contribution < 1.29 is 41.0 Å². The van der Waals surface area contributed by atoms with Crippen LogP contribution in [-0.4, -0.2) is 69.7 Å². The van der Waals surface area contributed by atoms with E-state index >= 15 is 0 Å². The highest BCUT2D eigenvalue weighted by Gasteiger charge is 2.49.